The summed E-state index contributed by atoms with van der Waals surface area (Å²) in [5.41, 5.74) is 3.86. The summed E-state index contributed by atoms with van der Waals surface area (Å²) in [5.74, 6) is 1.84. The molecule has 26 heavy (non-hydrogen) atoms. The number of aromatic hydroxyl groups is 1. The lowest BCUT2D eigenvalue weighted by molar-refractivity contribution is 0.0796. The molecule has 2 aliphatic carbocycles. The molecule has 1 saturated heterocycles. The lowest BCUT2D eigenvalue weighted by Gasteiger charge is -2.56. The van der Waals surface area contributed by atoms with Crippen LogP contribution in [-0.2, 0) is 11.8 Å². The molecule has 5 rings (SSSR count). The van der Waals surface area contributed by atoms with E-state index in [1.165, 1.54) is 43.2 Å². The average Bonchev–Trinajstić information content (AvgIpc) is 2.64. The molecule has 0 amide bonds. The Bertz CT molecular complexity index is 787. The first-order valence-electron chi connectivity index (χ1n) is 9.54. The fourth-order valence-electron chi connectivity index (χ4n) is 5.65. The van der Waals surface area contributed by atoms with Crippen LogP contribution in [0.1, 0.15) is 50.7 Å². The Labute approximate surface area is 156 Å². The van der Waals surface area contributed by atoms with E-state index >= 15 is 0 Å². The molecule has 138 valence electrons. The standard InChI is InChI=1S/C21H25N3O.CH4/c25-19-13-16-14(12-18(19)24-20-6-2-4-9-23-20)11-17-15-5-1-3-7-21(15,16)8-10-22-17;/h2,4,6,9,12-13,15,17,22,25H,1,3,5,7-8,10-11H2,(H,23,24);1H4/t15-,17+,21+;/m1./s1. The maximum Gasteiger partial charge on any atom is 0.139 e. The number of rotatable bonds is 2. The van der Waals surface area contributed by atoms with E-state index in [1.807, 2.05) is 18.2 Å². The number of hydrogen-bond acceptors (Lipinski definition) is 4. The molecule has 1 saturated carbocycles. The summed E-state index contributed by atoms with van der Waals surface area (Å²) in [6.45, 7) is 1.11. The minimum absolute atomic E-state index is 0. The molecule has 3 atom stereocenters. The number of phenols is 1. The van der Waals surface area contributed by atoms with Crippen LogP contribution in [0.5, 0.6) is 5.75 Å². The van der Waals surface area contributed by atoms with E-state index in [1.54, 1.807) is 6.20 Å². The molecule has 1 aromatic heterocycles. The van der Waals surface area contributed by atoms with Crippen LogP contribution in [-0.4, -0.2) is 22.7 Å². The zero-order chi connectivity index (χ0) is 16.9. The Morgan fingerprint density at radius 1 is 1.19 bits per heavy atom. The number of anilines is 2. The zero-order valence-electron chi connectivity index (χ0n) is 14.5. The van der Waals surface area contributed by atoms with E-state index in [0.29, 0.717) is 11.8 Å². The van der Waals surface area contributed by atoms with Gasteiger partial charge >= 0.3 is 0 Å². The molecule has 0 radical (unpaired) electrons. The largest absolute Gasteiger partial charge is 0.506 e. The second-order valence-corrected chi connectivity index (χ2v) is 7.89. The molecule has 4 heteroatoms. The summed E-state index contributed by atoms with van der Waals surface area (Å²) >= 11 is 0. The second kappa shape index (κ2) is 6.58. The van der Waals surface area contributed by atoms with Crippen molar-refractivity contribution in [2.75, 3.05) is 11.9 Å². The van der Waals surface area contributed by atoms with Crippen LogP contribution in [0, 0.1) is 5.92 Å². The minimum Gasteiger partial charge on any atom is -0.506 e. The van der Waals surface area contributed by atoms with Crippen molar-refractivity contribution < 1.29 is 5.11 Å². The highest BCUT2D eigenvalue weighted by atomic mass is 16.3. The topological polar surface area (TPSA) is 57.2 Å². The summed E-state index contributed by atoms with van der Waals surface area (Å²) in [7, 11) is 0. The Balaban J connectivity index is 0.00000168. The first-order valence-corrected chi connectivity index (χ1v) is 9.54. The van der Waals surface area contributed by atoms with Crippen LogP contribution >= 0.6 is 0 Å². The molecule has 1 aromatic carbocycles. The number of phenolic OH excluding ortho intramolecular Hbond substituents is 1. The van der Waals surface area contributed by atoms with Crippen molar-refractivity contribution in [2.24, 2.45) is 5.92 Å². The third-order valence-corrected chi connectivity index (χ3v) is 6.69. The van der Waals surface area contributed by atoms with E-state index < -0.39 is 0 Å². The van der Waals surface area contributed by atoms with Crippen LogP contribution < -0.4 is 10.6 Å². The van der Waals surface area contributed by atoms with Crippen molar-refractivity contribution in [3.8, 4) is 5.75 Å². The molecule has 4 nitrogen and oxygen atoms in total. The summed E-state index contributed by atoms with van der Waals surface area (Å²) in [6, 6.07) is 10.6. The van der Waals surface area contributed by atoms with E-state index in [0.717, 1.165) is 30.4 Å². The smallest absolute Gasteiger partial charge is 0.139 e. The van der Waals surface area contributed by atoms with Gasteiger partial charge in [-0.3, -0.25) is 0 Å². The molecule has 2 aromatic rings. The molecule has 3 aliphatic rings. The summed E-state index contributed by atoms with van der Waals surface area (Å²) in [5, 5.41) is 17.8. The normalized spacial score (nSPS) is 29.1. The van der Waals surface area contributed by atoms with Crippen molar-refractivity contribution in [3.05, 3.63) is 47.7 Å². The number of nitrogens with one attached hydrogen (secondary N) is 2. The molecule has 1 aliphatic heterocycles. The fraction of sp³-hybridized carbons (Fsp3) is 0.500. The van der Waals surface area contributed by atoms with Gasteiger partial charge in [-0.25, -0.2) is 4.98 Å². The second-order valence-electron chi connectivity index (χ2n) is 7.89. The first kappa shape index (κ1) is 17.3. The summed E-state index contributed by atoms with van der Waals surface area (Å²) < 4.78 is 0. The summed E-state index contributed by atoms with van der Waals surface area (Å²) in [6.07, 6.45) is 9.30. The fourth-order valence-corrected chi connectivity index (χ4v) is 5.65. The lowest BCUT2D eigenvalue weighted by atomic mass is 9.53. The molecule has 2 bridgehead atoms. The Hall–Kier alpha value is -2.07. The maximum atomic E-state index is 10.7. The number of pyridine rings is 1. The van der Waals surface area contributed by atoms with E-state index in [-0.39, 0.29) is 12.8 Å². The molecule has 0 spiro atoms. The first-order chi connectivity index (χ1) is 12.3. The van der Waals surface area contributed by atoms with Gasteiger partial charge in [-0.05, 0) is 73.5 Å². The Morgan fingerprint density at radius 3 is 2.96 bits per heavy atom. The van der Waals surface area contributed by atoms with E-state index in [4.69, 9.17) is 0 Å². The van der Waals surface area contributed by atoms with Gasteiger partial charge in [0.2, 0.25) is 0 Å². The lowest BCUT2D eigenvalue weighted by Crippen LogP contribution is -2.59. The Kier molecular flexibility index (Phi) is 4.39. The van der Waals surface area contributed by atoms with Gasteiger partial charge in [0.05, 0.1) is 5.69 Å². The van der Waals surface area contributed by atoms with Gasteiger partial charge in [0.1, 0.15) is 11.6 Å². The zero-order valence-corrected chi connectivity index (χ0v) is 14.5. The number of benzene rings is 1. The third-order valence-electron chi connectivity index (χ3n) is 6.69. The number of fused-ring (bicyclic) bond motifs is 1. The Morgan fingerprint density at radius 2 is 2.12 bits per heavy atom. The van der Waals surface area contributed by atoms with Crippen LogP contribution in [0.4, 0.5) is 11.5 Å². The van der Waals surface area contributed by atoms with Crippen LogP contribution in [0.2, 0.25) is 0 Å². The monoisotopic (exact) mass is 351 g/mol. The third kappa shape index (κ3) is 2.59. The highest BCUT2D eigenvalue weighted by molar-refractivity contribution is 5.67. The van der Waals surface area contributed by atoms with E-state index in [2.05, 4.69) is 27.8 Å². The quantitative estimate of drug-likeness (QED) is 0.697. The number of hydrogen-bond donors (Lipinski definition) is 3. The number of aromatic nitrogens is 1. The van der Waals surface area contributed by atoms with Crippen LogP contribution in [0.25, 0.3) is 0 Å². The SMILES string of the molecule is C.Oc1cc2c(cc1Nc1ccccn1)C[C@@H]1NCC[C@]23CCCC[C@H]13. The van der Waals surface area contributed by atoms with Gasteiger partial charge in [-0.1, -0.05) is 26.3 Å². The van der Waals surface area contributed by atoms with E-state index in [9.17, 15) is 5.11 Å². The predicted octanol–water partition coefficient (Wildman–Crippen LogP) is 4.51. The number of nitrogens with zero attached hydrogens (tertiary/aromatic N) is 1. The molecule has 3 N–H and O–H groups in total. The van der Waals surface area contributed by atoms with Crippen molar-refractivity contribution in [2.45, 2.75) is 57.4 Å². The van der Waals surface area contributed by atoms with Gasteiger partial charge in [0.15, 0.2) is 0 Å². The maximum absolute atomic E-state index is 10.7. The summed E-state index contributed by atoms with van der Waals surface area (Å²) in [4.78, 5) is 4.31. The minimum atomic E-state index is 0. The van der Waals surface area contributed by atoms with Crippen LogP contribution in [0.3, 0.4) is 0 Å². The molecule has 2 heterocycles. The van der Waals surface area contributed by atoms with Gasteiger partial charge in [-0.2, -0.15) is 0 Å². The van der Waals surface area contributed by atoms with Crippen molar-refractivity contribution in [1.29, 1.82) is 0 Å². The van der Waals surface area contributed by atoms with Crippen molar-refractivity contribution in [3.63, 3.8) is 0 Å². The molecular weight excluding hydrogens is 322 g/mol. The number of piperidine rings is 1. The van der Waals surface area contributed by atoms with Gasteiger partial charge in [-0.15, -0.1) is 0 Å². The highest BCUT2D eigenvalue weighted by Gasteiger charge is 2.51. The average molecular weight is 351 g/mol. The van der Waals surface area contributed by atoms with Crippen molar-refractivity contribution in [1.82, 2.24) is 10.3 Å². The predicted molar refractivity (Wildman–Crippen MR) is 106 cm³/mol. The van der Waals surface area contributed by atoms with Gasteiger partial charge in [0, 0.05) is 17.7 Å². The van der Waals surface area contributed by atoms with Crippen molar-refractivity contribution >= 4 is 11.5 Å². The molecule has 2 fully saturated rings. The molecular formula is C22H29N3O. The van der Waals surface area contributed by atoms with Gasteiger partial charge in [0.25, 0.3) is 0 Å². The molecule has 0 unspecified atom stereocenters. The van der Waals surface area contributed by atoms with Crippen LogP contribution in [0.15, 0.2) is 36.5 Å². The van der Waals surface area contributed by atoms with Gasteiger partial charge < -0.3 is 15.7 Å². The highest BCUT2D eigenvalue weighted by Crippen LogP contribution is 2.55.